The maximum absolute atomic E-state index is 15.4. The predicted molar refractivity (Wildman–Crippen MR) is 370 cm³/mol. The minimum atomic E-state index is -1.67. The Morgan fingerprint density at radius 3 is 1.46 bits per heavy atom. The Bertz CT molecular complexity index is 2620. The molecule has 6 N–H and O–H groups in total. The Hall–Kier alpha value is -6.25. The summed E-state index contributed by atoms with van der Waals surface area (Å²) >= 11 is 0. The molecular weight excluding hydrogens is 1230 g/mol. The molecule has 0 aliphatic carbocycles. The Morgan fingerprint density at radius 2 is 0.969 bits per heavy atom. The number of rotatable bonds is 21. The van der Waals surface area contributed by atoms with Crippen LogP contribution in [0.15, 0.2) is 12.2 Å². The van der Waals surface area contributed by atoms with Gasteiger partial charge in [-0.3, -0.25) is 52.7 Å². The summed E-state index contributed by atoms with van der Waals surface area (Å²) in [5, 5.41) is 34.7. The van der Waals surface area contributed by atoms with E-state index >= 15 is 28.8 Å². The van der Waals surface area contributed by atoms with E-state index in [1.54, 1.807) is 60.6 Å². The lowest BCUT2D eigenvalue weighted by Crippen LogP contribution is -2.64. The fraction of sp³-hybridized carbons (Fsp3) is 0.814. The highest BCUT2D eigenvalue weighted by atomic mass is 16.5. The predicted octanol–water partition coefficient (Wildman–Crippen LogP) is 3.25. The van der Waals surface area contributed by atoms with Gasteiger partial charge < -0.3 is 75.4 Å². The molecule has 11 amide bonds. The molecule has 0 bridgehead atoms. The molecule has 2 rings (SSSR count). The second kappa shape index (κ2) is 39.4. The van der Waals surface area contributed by atoms with Crippen molar-refractivity contribution in [3.8, 4) is 0 Å². The molecule has 2 aliphatic heterocycles. The first kappa shape index (κ1) is 85.8. The smallest absolute Gasteiger partial charge is 0.248 e. The first-order valence-electron chi connectivity index (χ1n) is 34.9. The summed E-state index contributed by atoms with van der Waals surface area (Å²) in [7, 11) is 9.78. The van der Waals surface area contributed by atoms with E-state index in [2.05, 4.69) is 26.2 Å². The van der Waals surface area contributed by atoms with Crippen LogP contribution in [0.2, 0.25) is 0 Å². The van der Waals surface area contributed by atoms with Gasteiger partial charge in [0.05, 0.1) is 18.3 Å². The average molecular weight is 1360 g/mol. The first-order valence-corrected chi connectivity index (χ1v) is 34.9. The molecule has 26 heteroatoms. The number of carbonyl (C=O) groups excluding carboxylic acids is 11. The first-order chi connectivity index (χ1) is 44.5. The maximum Gasteiger partial charge on any atom is 0.248 e. The van der Waals surface area contributed by atoms with Crippen molar-refractivity contribution in [3.05, 3.63) is 12.2 Å². The average Bonchev–Trinajstić information content (AvgIpc) is 0.862. The molecule has 96 heavy (non-hydrogen) atoms. The van der Waals surface area contributed by atoms with E-state index in [0.29, 0.717) is 6.42 Å². The lowest BCUT2D eigenvalue weighted by atomic mass is 9.91. The highest BCUT2D eigenvalue weighted by Gasteiger charge is 2.47. The van der Waals surface area contributed by atoms with Crippen LogP contribution in [0.25, 0.3) is 0 Å². The van der Waals surface area contributed by atoms with Gasteiger partial charge in [-0.1, -0.05) is 95.2 Å². The molecule has 2 fully saturated rings. The lowest BCUT2D eigenvalue weighted by Gasteiger charge is -2.41. The van der Waals surface area contributed by atoms with Gasteiger partial charge in [0.2, 0.25) is 65.0 Å². The van der Waals surface area contributed by atoms with E-state index in [4.69, 9.17) is 4.74 Å². The number of likely N-dealkylation sites (tertiary alicyclic amines) is 1. The summed E-state index contributed by atoms with van der Waals surface area (Å²) < 4.78 is 6.21. The van der Waals surface area contributed by atoms with Crippen LogP contribution in [0.4, 0.5) is 0 Å². The van der Waals surface area contributed by atoms with E-state index in [1.807, 2.05) is 41.5 Å². The Balaban J connectivity index is 3.11. The van der Waals surface area contributed by atoms with E-state index in [0.717, 1.165) is 47.2 Å². The van der Waals surface area contributed by atoms with Crippen molar-refractivity contribution in [2.24, 2.45) is 35.5 Å². The molecule has 0 aromatic carbocycles. The van der Waals surface area contributed by atoms with Crippen LogP contribution in [0.1, 0.15) is 175 Å². The molecule has 2 heterocycles. The van der Waals surface area contributed by atoms with Crippen molar-refractivity contribution in [3.63, 3.8) is 0 Å². The number of nitrogens with zero attached hydrogens (tertiary/aromatic N) is 8. The molecule has 0 aromatic heterocycles. The van der Waals surface area contributed by atoms with E-state index in [1.165, 1.54) is 96.6 Å². The van der Waals surface area contributed by atoms with E-state index < -0.39 is 161 Å². The third kappa shape index (κ3) is 24.6. The highest BCUT2D eigenvalue weighted by Crippen LogP contribution is 2.27. The lowest BCUT2D eigenvalue weighted by molar-refractivity contribution is -0.157. The van der Waals surface area contributed by atoms with Gasteiger partial charge in [0.25, 0.3) is 0 Å². The summed E-state index contributed by atoms with van der Waals surface area (Å²) in [6, 6.07) is -14.7. The maximum atomic E-state index is 15.4. The SMILES string of the molecule is C/C=C/C[C@@H](C)[C@@H](O)[C@H]1C(=O)N[C@@H](CC)C(=O)N(C)[C@H](COCCCN2CCCC2)C(=O)N(C)[C@@H](CC(C)(C)O)C(=O)N[C@@H](C(C)C)C(=O)N(C)[C@@H](CC(C)C)C(=O)N[C@@H](C)C(=O)N[C@H](C)C(=O)N(C)[C@@H](CC(C)C)C(=O)N(C)[C@@H](CC(C)C)C(=O)N(C)[C@@H](C(C)C)C(=O)N1C. The van der Waals surface area contributed by atoms with E-state index in [9.17, 15) is 34.2 Å². The molecule has 2 saturated heterocycles. The number of hydrogen-bond acceptors (Lipinski definition) is 15. The van der Waals surface area contributed by atoms with Crippen molar-refractivity contribution >= 4 is 65.0 Å². The summed E-state index contributed by atoms with van der Waals surface area (Å²) in [4.78, 5) is 175. The fourth-order valence-electron chi connectivity index (χ4n) is 12.6. The van der Waals surface area contributed by atoms with Crippen LogP contribution in [0.5, 0.6) is 0 Å². The number of aliphatic hydroxyl groups excluding tert-OH is 1. The van der Waals surface area contributed by atoms with Gasteiger partial charge in [0.1, 0.15) is 66.5 Å². The third-order valence-electron chi connectivity index (χ3n) is 18.6. The largest absolute Gasteiger partial charge is 0.390 e. The number of ether oxygens (including phenoxy) is 1. The fourth-order valence-corrected chi connectivity index (χ4v) is 12.6. The Labute approximate surface area is 574 Å². The summed E-state index contributed by atoms with van der Waals surface area (Å²) in [5.74, 6) is -10.5. The monoisotopic (exact) mass is 1360 g/mol. The van der Waals surface area contributed by atoms with Crippen molar-refractivity contribution in [2.75, 3.05) is 82.2 Å². The zero-order valence-electron chi connectivity index (χ0n) is 62.8. The van der Waals surface area contributed by atoms with Gasteiger partial charge >= 0.3 is 0 Å². The van der Waals surface area contributed by atoms with Crippen molar-refractivity contribution in [2.45, 2.75) is 254 Å². The number of amides is 11. The molecular formula is C70H126N12O14. The van der Waals surface area contributed by atoms with Crippen LogP contribution in [0.3, 0.4) is 0 Å². The van der Waals surface area contributed by atoms with Crippen molar-refractivity contribution in [1.29, 1.82) is 0 Å². The second-order valence-corrected chi connectivity index (χ2v) is 29.7. The van der Waals surface area contributed by atoms with Crippen LogP contribution in [-0.4, -0.2) is 275 Å². The van der Waals surface area contributed by atoms with Gasteiger partial charge in [0.15, 0.2) is 0 Å². The van der Waals surface area contributed by atoms with Crippen LogP contribution >= 0.6 is 0 Å². The van der Waals surface area contributed by atoms with Gasteiger partial charge in [-0.05, 0) is 135 Å². The minimum Gasteiger partial charge on any atom is -0.390 e. The molecule has 0 spiro atoms. The number of allylic oxidation sites excluding steroid dienone is 2. The highest BCUT2D eigenvalue weighted by molar-refractivity contribution is 6.00. The molecule has 0 unspecified atom stereocenters. The molecule has 0 saturated carbocycles. The van der Waals surface area contributed by atoms with Gasteiger partial charge in [-0.25, -0.2) is 0 Å². The molecule has 550 valence electrons. The minimum absolute atomic E-state index is 0.0518. The molecule has 26 nitrogen and oxygen atoms in total. The second-order valence-electron chi connectivity index (χ2n) is 29.7. The molecule has 13 atom stereocenters. The summed E-state index contributed by atoms with van der Waals surface area (Å²) in [6.45, 7) is 31.3. The summed E-state index contributed by atoms with van der Waals surface area (Å²) in [5.41, 5.74) is -1.60. The zero-order valence-corrected chi connectivity index (χ0v) is 62.8. The number of aliphatic hydroxyl groups is 2. The Morgan fingerprint density at radius 1 is 0.521 bits per heavy atom. The number of likely N-dealkylation sites (N-methyl/N-ethyl adjacent to an activating group) is 7. The zero-order chi connectivity index (χ0) is 73.7. The van der Waals surface area contributed by atoms with Gasteiger partial charge in [-0.2, -0.15) is 0 Å². The van der Waals surface area contributed by atoms with Crippen molar-refractivity contribution in [1.82, 2.24) is 60.5 Å². The normalized spacial score (nSPS) is 27.1. The number of nitrogens with one attached hydrogen (secondary N) is 4. The quantitative estimate of drug-likeness (QED) is 0.0710. The summed E-state index contributed by atoms with van der Waals surface area (Å²) in [6.07, 6.45) is 5.02. The topological polar surface area (TPSA) is 312 Å². The molecule has 0 radical (unpaired) electrons. The van der Waals surface area contributed by atoms with Crippen LogP contribution in [-0.2, 0) is 57.5 Å². The standard InChI is InChI=1S/C70H126N12O14/c1-25-27-31-46(13)58(83)57-62(87)73-49(26-2)64(89)79(22)54(40-96-35-30-34-82-32-28-29-33-82)67(92)78(21)53(39-70(16,17)95)61(86)74-55(44(9)10)68(93)75(18)50(36-41(3)4)60(85)71-47(14)59(84)72-48(15)63(88)76(19)51(37-42(5)6)65(90)77(20)52(38-43(7)8)66(91)80(23)56(45(11)12)69(94)81(57)24/h25,27,41-58,83,95H,26,28-40H2,1-24H3,(H,71,85)(H,72,84)(H,73,87)(H,74,86)/b27-25+/t46-,47+,48-,49+,50+,51+,52+,53+,54-,55+,56+,57+,58-/m1/s1. The van der Waals surface area contributed by atoms with Crippen molar-refractivity contribution < 1.29 is 67.7 Å². The van der Waals surface area contributed by atoms with E-state index in [-0.39, 0.29) is 69.5 Å². The van der Waals surface area contributed by atoms with Gasteiger partial charge in [-0.15, -0.1) is 0 Å². The molecule has 2 aliphatic rings. The van der Waals surface area contributed by atoms with Gasteiger partial charge in [0, 0.05) is 68.9 Å². The number of hydrogen-bond donors (Lipinski definition) is 6. The van der Waals surface area contributed by atoms with Crippen LogP contribution < -0.4 is 21.3 Å². The third-order valence-corrected chi connectivity index (χ3v) is 18.6. The van der Waals surface area contributed by atoms with Crippen LogP contribution in [0, 0.1) is 35.5 Å². The number of carbonyl (C=O) groups is 11. The Kier molecular flexibility index (Phi) is 35.2. The molecule has 0 aromatic rings.